The molecule has 36 heavy (non-hydrogen) atoms. The quantitative estimate of drug-likeness (QED) is 0.321. The van der Waals surface area contributed by atoms with Crippen LogP contribution in [-0.2, 0) is 5.75 Å². The number of carbonyl (C=O) groups excluding carboxylic acids is 1. The number of likely N-dealkylation sites (tertiary alicyclic amines) is 1. The van der Waals surface area contributed by atoms with Gasteiger partial charge in [-0.05, 0) is 67.3 Å². The Bertz CT molecular complexity index is 1620. The second-order valence-electron chi connectivity index (χ2n) is 9.28. The van der Waals surface area contributed by atoms with Crippen LogP contribution in [0.2, 0.25) is 0 Å². The third kappa shape index (κ3) is 4.33. The number of imidazole rings is 1. The molecule has 7 nitrogen and oxygen atoms in total. The first-order valence-corrected chi connectivity index (χ1v) is 13.1. The highest BCUT2D eigenvalue weighted by Gasteiger charge is 2.26. The number of aryl methyl sites for hydroxylation is 1. The summed E-state index contributed by atoms with van der Waals surface area (Å²) in [5, 5.41) is 0.627. The predicted octanol–water partition coefficient (Wildman–Crippen LogP) is 5.55. The molecule has 2 aromatic heterocycles. The zero-order chi connectivity index (χ0) is 24.6. The van der Waals surface area contributed by atoms with Crippen LogP contribution in [-0.4, -0.2) is 38.4 Å². The number of nitrogens with one attached hydrogen (secondary N) is 1. The molecule has 0 radical (unpaired) electrons. The van der Waals surface area contributed by atoms with Crippen molar-refractivity contribution in [2.75, 3.05) is 13.1 Å². The van der Waals surface area contributed by atoms with Gasteiger partial charge in [-0.3, -0.25) is 9.36 Å². The van der Waals surface area contributed by atoms with Crippen molar-refractivity contribution >= 4 is 39.8 Å². The highest BCUT2D eigenvalue weighted by molar-refractivity contribution is 7.98. The Hall–Kier alpha value is -3.78. The molecule has 3 heterocycles. The standard InChI is InChI=1S/C28H26N4O3S/c1-18-9-10-25-23(15-18)30-28(35-25)36-17-19-5-4-6-20(16-19)26(33)31-13-11-21(12-14-31)32-24-8-3-2-7-22(24)29-27(32)34/h2-10,15-16,21H,11-14,17H2,1H3,(H,29,34). The summed E-state index contributed by atoms with van der Waals surface area (Å²) in [6.45, 7) is 3.28. The van der Waals surface area contributed by atoms with Gasteiger partial charge in [0, 0.05) is 30.4 Å². The van der Waals surface area contributed by atoms with Crippen LogP contribution in [0.4, 0.5) is 0 Å². The van der Waals surface area contributed by atoms with E-state index in [4.69, 9.17) is 4.42 Å². The molecule has 3 aromatic carbocycles. The number of para-hydroxylation sites is 2. The van der Waals surface area contributed by atoms with Gasteiger partial charge < -0.3 is 14.3 Å². The minimum atomic E-state index is -0.0831. The van der Waals surface area contributed by atoms with Crippen molar-refractivity contribution in [2.24, 2.45) is 0 Å². The number of fused-ring (bicyclic) bond motifs is 2. The van der Waals surface area contributed by atoms with Crippen LogP contribution >= 0.6 is 11.8 Å². The molecule has 0 atom stereocenters. The van der Waals surface area contributed by atoms with Gasteiger partial charge in [0.2, 0.25) is 0 Å². The Balaban J connectivity index is 1.11. The molecule has 0 bridgehead atoms. The number of nitrogens with zero attached hydrogens (tertiary/aromatic N) is 3. The van der Waals surface area contributed by atoms with Gasteiger partial charge in [0.1, 0.15) is 5.52 Å². The number of hydrogen-bond acceptors (Lipinski definition) is 5. The smallest absolute Gasteiger partial charge is 0.326 e. The average molecular weight is 499 g/mol. The van der Waals surface area contributed by atoms with Gasteiger partial charge in [-0.2, -0.15) is 0 Å². The minimum absolute atomic E-state index is 0.0314. The summed E-state index contributed by atoms with van der Waals surface area (Å²) >= 11 is 1.52. The molecular formula is C28H26N4O3S. The van der Waals surface area contributed by atoms with Crippen LogP contribution < -0.4 is 5.69 Å². The van der Waals surface area contributed by atoms with E-state index in [0.717, 1.165) is 46.1 Å². The fourth-order valence-electron chi connectivity index (χ4n) is 4.96. The highest BCUT2D eigenvalue weighted by Crippen LogP contribution is 2.28. The Morgan fingerprint density at radius 3 is 2.78 bits per heavy atom. The van der Waals surface area contributed by atoms with Crippen LogP contribution in [0.5, 0.6) is 0 Å². The maximum atomic E-state index is 13.3. The van der Waals surface area contributed by atoms with Gasteiger partial charge in [0.15, 0.2) is 5.58 Å². The van der Waals surface area contributed by atoms with E-state index in [1.54, 1.807) is 0 Å². The van der Waals surface area contributed by atoms with E-state index in [-0.39, 0.29) is 17.6 Å². The lowest BCUT2D eigenvalue weighted by atomic mass is 10.0. The lowest BCUT2D eigenvalue weighted by Crippen LogP contribution is -2.40. The molecular weight excluding hydrogens is 472 g/mol. The van der Waals surface area contributed by atoms with Crippen molar-refractivity contribution in [3.8, 4) is 0 Å². The number of carbonyl (C=O) groups is 1. The molecule has 8 heteroatoms. The number of H-pyrrole nitrogens is 1. The average Bonchev–Trinajstić information content (AvgIpc) is 3.46. The van der Waals surface area contributed by atoms with Gasteiger partial charge in [0.05, 0.1) is 11.0 Å². The van der Waals surface area contributed by atoms with Crippen LogP contribution in [0, 0.1) is 6.92 Å². The monoisotopic (exact) mass is 498 g/mol. The van der Waals surface area contributed by atoms with Gasteiger partial charge >= 0.3 is 5.69 Å². The van der Waals surface area contributed by atoms with E-state index in [1.165, 1.54) is 11.8 Å². The summed E-state index contributed by atoms with van der Waals surface area (Å²) < 4.78 is 7.69. The lowest BCUT2D eigenvalue weighted by Gasteiger charge is -2.32. The Morgan fingerprint density at radius 2 is 1.92 bits per heavy atom. The maximum absolute atomic E-state index is 13.3. The number of piperidine rings is 1. The largest absolute Gasteiger partial charge is 0.431 e. The van der Waals surface area contributed by atoms with Gasteiger partial charge in [-0.25, -0.2) is 9.78 Å². The summed E-state index contributed by atoms with van der Waals surface area (Å²) in [4.78, 5) is 35.2. The summed E-state index contributed by atoms with van der Waals surface area (Å²) in [6, 6.07) is 21.6. The van der Waals surface area contributed by atoms with E-state index in [1.807, 2.05) is 83.1 Å². The molecule has 0 aliphatic carbocycles. The van der Waals surface area contributed by atoms with E-state index < -0.39 is 0 Å². The van der Waals surface area contributed by atoms with Crippen LogP contribution in [0.3, 0.4) is 0 Å². The first-order chi connectivity index (χ1) is 17.5. The number of aromatic amines is 1. The Kier molecular flexibility index (Phi) is 5.89. The normalized spacial score (nSPS) is 14.6. The first-order valence-electron chi connectivity index (χ1n) is 12.1. The molecule has 1 saturated heterocycles. The Morgan fingerprint density at radius 1 is 1.08 bits per heavy atom. The first kappa shape index (κ1) is 22.7. The molecule has 0 spiro atoms. The lowest BCUT2D eigenvalue weighted by molar-refractivity contribution is 0.0695. The third-order valence-corrected chi connectivity index (χ3v) is 7.70. The number of oxazole rings is 1. The molecule has 0 saturated carbocycles. The van der Waals surface area contributed by atoms with Crippen LogP contribution in [0.1, 0.15) is 40.4 Å². The molecule has 1 amide bonds. The minimum Gasteiger partial charge on any atom is -0.431 e. The summed E-state index contributed by atoms with van der Waals surface area (Å²) in [5.74, 6) is 0.697. The molecule has 1 aliphatic rings. The number of benzene rings is 3. The molecule has 6 rings (SSSR count). The number of aromatic nitrogens is 3. The number of hydrogen-bond donors (Lipinski definition) is 1. The predicted molar refractivity (Wildman–Crippen MR) is 141 cm³/mol. The molecule has 5 aromatic rings. The Labute approximate surface area is 212 Å². The van der Waals surface area contributed by atoms with Crippen molar-refractivity contribution in [2.45, 2.75) is 36.8 Å². The van der Waals surface area contributed by atoms with Gasteiger partial charge in [0.25, 0.3) is 11.1 Å². The fourth-order valence-corrected chi connectivity index (χ4v) is 5.75. The number of thioether (sulfide) groups is 1. The van der Waals surface area contributed by atoms with E-state index in [2.05, 4.69) is 9.97 Å². The fraction of sp³-hybridized carbons (Fsp3) is 0.250. The zero-order valence-corrected chi connectivity index (χ0v) is 20.8. The van der Waals surface area contributed by atoms with Crippen molar-refractivity contribution in [1.29, 1.82) is 0 Å². The van der Waals surface area contributed by atoms with E-state index in [9.17, 15) is 9.59 Å². The highest BCUT2D eigenvalue weighted by atomic mass is 32.2. The molecule has 0 unspecified atom stereocenters. The summed E-state index contributed by atoms with van der Waals surface area (Å²) in [7, 11) is 0. The summed E-state index contributed by atoms with van der Waals surface area (Å²) in [5.41, 5.74) is 6.21. The zero-order valence-electron chi connectivity index (χ0n) is 19.9. The molecule has 1 fully saturated rings. The van der Waals surface area contributed by atoms with Crippen molar-refractivity contribution in [3.63, 3.8) is 0 Å². The maximum Gasteiger partial charge on any atom is 0.326 e. The van der Waals surface area contributed by atoms with Crippen LogP contribution in [0.15, 0.2) is 81.2 Å². The summed E-state index contributed by atoms with van der Waals surface area (Å²) in [6.07, 6.45) is 1.50. The van der Waals surface area contributed by atoms with Gasteiger partial charge in [-0.15, -0.1) is 0 Å². The molecule has 182 valence electrons. The third-order valence-electron chi connectivity index (χ3n) is 6.80. The SMILES string of the molecule is Cc1ccc2oc(SCc3cccc(C(=O)N4CCC(n5c(=O)[nH]c6ccccc65)CC4)c3)nc2c1. The second kappa shape index (κ2) is 9.35. The molecule has 1 N–H and O–H groups in total. The van der Waals surface area contributed by atoms with E-state index >= 15 is 0 Å². The van der Waals surface area contributed by atoms with Crippen molar-refractivity contribution < 1.29 is 9.21 Å². The van der Waals surface area contributed by atoms with E-state index in [0.29, 0.717) is 29.6 Å². The molecule has 1 aliphatic heterocycles. The van der Waals surface area contributed by atoms with Crippen molar-refractivity contribution in [1.82, 2.24) is 19.4 Å². The van der Waals surface area contributed by atoms with Crippen molar-refractivity contribution in [3.05, 3.63) is 93.9 Å². The van der Waals surface area contributed by atoms with Gasteiger partial charge in [-0.1, -0.05) is 42.1 Å². The number of amides is 1. The topological polar surface area (TPSA) is 84.1 Å². The second-order valence-corrected chi connectivity index (χ2v) is 10.2. The number of rotatable bonds is 5. The van der Waals surface area contributed by atoms with Crippen LogP contribution in [0.25, 0.3) is 22.1 Å².